The second-order valence-electron chi connectivity index (χ2n) is 6.92. The number of piperidine rings is 1. The predicted octanol–water partition coefficient (Wildman–Crippen LogP) is 2.32. The van der Waals surface area contributed by atoms with Gasteiger partial charge >= 0.3 is 6.18 Å². The van der Waals surface area contributed by atoms with Crippen LogP contribution in [0, 0.1) is 5.92 Å². The molecule has 13 heteroatoms. The van der Waals surface area contributed by atoms with Crippen LogP contribution in [0.2, 0.25) is 0 Å². The zero-order chi connectivity index (χ0) is 23.0. The Morgan fingerprint density at radius 1 is 1.16 bits per heavy atom. The van der Waals surface area contributed by atoms with E-state index in [1.165, 1.54) is 0 Å². The molecule has 1 aliphatic heterocycles. The van der Waals surface area contributed by atoms with Gasteiger partial charge in [-0.25, -0.2) is 0 Å². The molecular weight excluding hydrogens is 451 g/mol. The van der Waals surface area contributed by atoms with E-state index in [0.29, 0.717) is 46.1 Å². The number of hydrogen-bond acceptors (Lipinski definition) is 6. The molecule has 1 saturated heterocycles. The van der Waals surface area contributed by atoms with E-state index in [0.717, 1.165) is 0 Å². The summed E-state index contributed by atoms with van der Waals surface area (Å²) in [5.74, 6) is -0.381. The van der Waals surface area contributed by atoms with Crippen LogP contribution >= 0.6 is 24.4 Å². The van der Waals surface area contributed by atoms with E-state index in [1.54, 1.807) is 38.1 Å². The maximum Gasteiger partial charge on any atom is 0.393 e. The summed E-state index contributed by atoms with van der Waals surface area (Å²) < 4.78 is 45.1. The highest BCUT2D eigenvalue weighted by Gasteiger charge is 2.41. The fraction of sp³-hybridized carbons (Fsp3) is 0.556. The molecule has 0 saturated carbocycles. The van der Waals surface area contributed by atoms with Gasteiger partial charge in [0.2, 0.25) is 0 Å². The minimum atomic E-state index is -4.18. The highest BCUT2D eigenvalue weighted by Crippen LogP contribution is 2.33. The molecule has 172 valence electrons. The van der Waals surface area contributed by atoms with Gasteiger partial charge in [0.05, 0.1) is 18.2 Å². The molecule has 4 N–H and O–H groups in total. The van der Waals surface area contributed by atoms with Crippen molar-refractivity contribution in [3.63, 3.8) is 0 Å². The lowest BCUT2D eigenvalue weighted by atomic mass is 9.97. The van der Waals surface area contributed by atoms with Crippen LogP contribution in [0.5, 0.6) is 0 Å². The van der Waals surface area contributed by atoms with Crippen LogP contribution in [0.3, 0.4) is 0 Å². The number of likely N-dealkylation sites (tertiary alicyclic amines) is 1. The number of alkyl halides is 3. The number of hydrogen-bond donors (Lipinski definition) is 4. The zero-order valence-corrected chi connectivity index (χ0v) is 19.1. The second-order valence-corrected chi connectivity index (χ2v) is 7.74. The van der Waals surface area contributed by atoms with Crippen molar-refractivity contribution in [2.45, 2.75) is 32.5 Å². The highest BCUT2D eigenvalue weighted by molar-refractivity contribution is 7.80. The van der Waals surface area contributed by atoms with Crippen molar-refractivity contribution in [3.05, 3.63) is 23.7 Å². The molecule has 1 aliphatic rings. The number of thiocarbonyl (C=S) groups is 2. The van der Waals surface area contributed by atoms with E-state index in [9.17, 15) is 13.2 Å². The Kier molecular flexibility index (Phi) is 9.19. The number of nitrogens with zero attached hydrogens (tertiary/aromatic N) is 3. The van der Waals surface area contributed by atoms with E-state index in [1.807, 2.05) is 0 Å². The Balaban J connectivity index is 2.17. The van der Waals surface area contributed by atoms with Gasteiger partial charge in [-0.15, -0.1) is 0 Å². The van der Waals surface area contributed by atoms with Crippen LogP contribution in [-0.2, 0) is 6.54 Å². The van der Waals surface area contributed by atoms with Gasteiger partial charge in [0.15, 0.2) is 16.0 Å². The van der Waals surface area contributed by atoms with Crippen molar-refractivity contribution < 1.29 is 17.6 Å². The third-order valence-corrected chi connectivity index (χ3v) is 5.22. The first kappa shape index (κ1) is 25.0. The molecule has 0 aliphatic carbocycles. The molecule has 0 radical (unpaired) electrons. The van der Waals surface area contributed by atoms with Crippen molar-refractivity contribution >= 4 is 46.1 Å². The average Bonchev–Trinajstić information content (AvgIpc) is 3.19. The highest BCUT2D eigenvalue weighted by atomic mass is 32.1. The maximum absolute atomic E-state index is 13.1. The summed E-state index contributed by atoms with van der Waals surface area (Å²) in [4.78, 5) is 1.75. The Bertz CT molecular complexity index is 838. The number of rotatable bonds is 6. The lowest BCUT2D eigenvalue weighted by Gasteiger charge is -2.33. The Morgan fingerprint density at radius 3 is 2.42 bits per heavy atom. The lowest BCUT2D eigenvalue weighted by molar-refractivity contribution is -0.187. The number of furan rings is 1. The van der Waals surface area contributed by atoms with Crippen LogP contribution in [0.4, 0.5) is 13.2 Å². The van der Waals surface area contributed by atoms with Crippen LogP contribution < -0.4 is 21.5 Å². The fourth-order valence-electron chi connectivity index (χ4n) is 3.00. The van der Waals surface area contributed by atoms with E-state index < -0.39 is 12.1 Å². The molecule has 2 rings (SSSR count). The molecule has 31 heavy (non-hydrogen) atoms. The fourth-order valence-corrected chi connectivity index (χ4v) is 3.09. The number of nitrogens with one attached hydrogen (secondary N) is 4. The van der Waals surface area contributed by atoms with Gasteiger partial charge in [0, 0.05) is 20.6 Å². The summed E-state index contributed by atoms with van der Waals surface area (Å²) in [6.45, 7) is 2.53. The van der Waals surface area contributed by atoms with Crippen molar-refractivity contribution in [1.82, 2.24) is 26.4 Å². The standard InChI is InChI=1S/C18H26F3N7OS2/c1-11(24-26-16(30)22-2)15(25-27-17(31)23-3)14-7-6-13(29-14)10-28-8-4-5-12(9-28)18(19,20)21/h6-7,12H,4-5,8-10H2,1-3H3,(H2,22,26,30)(H2,23,27,31)/b24-11+,25-15-. The molecule has 0 bridgehead atoms. The molecule has 8 nitrogen and oxygen atoms in total. The van der Waals surface area contributed by atoms with Crippen LogP contribution in [-0.4, -0.2) is 59.9 Å². The van der Waals surface area contributed by atoms with Crippen molar-refractivity contribution in [2.24, 2.45) is 16.1 Å². The first-order chi connectivity index (χ1) is 14.6. The van der Waals surface area contributed by atoms with Crippen LogP contribution in [0.15, 0.2) is 26.8 Å². The van der Waals surface area contributed by atoms with Crippen molar-refractivity contribution in [2.75, 3.05) is 27.2 Å². The van der Waals surface area contributed by atoms with E-state index in [-0.39, 0.29) is 19.5 Å². The normalized spacial score (nSPS) is 18.5. The van der Waals surface area contributed by atoms with Gasteiger partial charge in [0.1, 0.15) is 11.5 Å². The van der Waals surface area contributed by atoms with E-state index >= 15 is 0 Å². The molecule has 1 atom stereocenters. The molecule has 1 fully saturated rings. The van der Waals surface area contributed by atoms with Gasteiger partial charge in [-0.2, -0.15) is 23.4 Å². The van der Waals surface area contributed by atoms with E-state index in [2.05, 4.69) is 31.7 Å². The van der Waals surface area contributed by atoms with Gasteiger partial charge in [-0.05, 0) is 62.9 Å². The summed E-state index contributed by atoms with van der Waals surface area (Å²) in [6, 6.07) is 3.41. The third-order valence-electron chi connectivity index (χ3n) is 4.63. The van der Waals surface area contributed by atoms with E-state index in [4.69, 9.17) is 28.9 Å². The van der Waals surface area contributed by atoms with Crippen molar-refractivity contribution in [1.29, 1.82) is 0 Å². The predicted molar refractivity (Wildman–Crippen MR) is 122 cm³/mol. The van der Waals surface area contributed by atoms with Gasteiger partial charge in [0.25, 0.3) is 0 Å². The van der Waals surface area contributed by atoms with Crippen molar-refractivity contribution in [3.8, 4) is 0 Å². The van der Waals surface area contributed by atoms with Gasteiger partial charge < -0.3 is 15.1 Å². The number of halogens is 3. The second kappa shape index (κ2) is 11.4. The molecule has 2 heterocycles. The molecular formula is C18H26F3N7OS2. The van der Waals surface area contributed by atoms with Gasteiger partial charge in [-0.3, -0.25) is 15.8 Å². The quantitative estimate of drug-likeness (QED) is 0.282. The summed E-state index contributed by atoms with van der Waals surface area (Å²) in [5.41, 5.74) is 6.17. The summed E-state index contributed by atoms with van der Waals surface area (Å²) in [6.07, 6.45) is -3.52. The largest absolute Gasteiger partial charge is 0.458 e. The third kappa shape index (κ3) is 7.74. The molecule has 1 unspecified atom stereocenters. The average molecular weight is 478 g/mol. The minimum Gasteiger partial charge on any atom is -0.458 e. The summed E-state index contributed by atoms with van der Waals surface area (Å²) in [7, 11) is 3.31. The molecule has 0 spiro atoms. The summed E-state index contributed by atoms with van der Waals surface area (Å²) >= 11 is 10.1. The molecule has 1 aromatic rings. The Labute approximate surface area is 189 Å². The minimum absolute atomic E-state index is 0.0374. The first-order valence-electron chi connectivity index (χ1n) is 9.60. The topological polar surface area (TPSA) is 89.2 Å². The molecule has 0 amide bonds. The zero-order valence-electron chi connectivity index (χ0n) is 17.5. The lowest BCUT2D eigenvalue weighted by Crippen LogP contribution is -2.41. The van der Waals surface area contributed by atoms with Crippen LogP contribution in [0.25, 0.3) is 0 Å². The maximum atomic E-state index is 13.1. The summed E-state index contributed by atoms with van der Waals surface area (Å²) in [5, 5.41) is 14.5. The Morgan fingerprint density at radius 2 is 1.81 bits per heavy atom. The molecule has 1 aromatic heterocycles. The SMILES string of the molecule is CNC(=S)N/N=C(/C(C)=N/NC(=S)NC)c1ccc(CN2CCCC(C(F)(F)F)C2)o1. The van der Waals surface area contributed by atoms with Crippen LogP contribution in [0.1, 0.15) is 31.3 Å². The smallest absolute Gasteiger partial charge is 0.393 e. The van der Waals surface area contributed by atoms with Gasteiger partial charge in [-0.1, -0.05) is 0 Å². The molecule has 0 aromatic carbocycles. The first-order valence-corrected chi connectivity index (χ1v) is 10.4. The monoisotopic (exact) mass is 477 g/mol. The number of hydrazone groups is 2. The Hall–Kier alpha value is -2.25.